The van der Waals surface area contributed by atoms with Crippen LogP contribution in [0, 0.1) is 24.0 Å². The van der Waals surface area contributed by atoms with Gasteiger partial charge >= 0.3 is 0 Å². The molecule has 0 aliphatic heterocycles. The van der Waals surface area contributed by atoms with Gasteiger partial charge < -0.3 is 5.32 Å². The molecule has 0 aliphatic rings. The molecule has 1 N–H and O–H groups in total. The van der Waals surface area contributed by atoms with Crippen molar-refractivity contribution in [3.8, 4) is 0 Å². The molecule has 0 fully saturated rings. The van der Waals surface area contributed by atoms with E-state index in [9.17, 15) is 10.1 Å². The van der Waals surface area contributed by atoms with Crippen LogP contribution in [0.25, 0.3) is 0 Å². The molecule has 0 bridgehead atoms. The maximum absolute atomic E-state index is 11.0. The fraction of sp³-hybridized carbons (Fsp3) is 0.333. The molecule has 100 valence electrons. The number of aryl methyl sites for hydroxylation is 2. The highest BCUT2D eigenvalue weighted by atomic mass is 16.6. The first-order valence-corrected chi connectivity index (χ1v) is 5.81. The van der Waals surface area contributed by atoms with Gasteiger partial charge in [-0.3, -0.25) is 19.8 Å². The zero-order valence-corrected chi connectivity index (χ0v) is 11.0. The summed E-state index contributed by atoms with van der Waals surface area (Å²) in [5, 5.41) is 18.2. The first-order valence-electron chi connectivity index (χ1n) is 5.81. The molecule has 0 saturated heterocycles. The fourth-order valence-electron chi connectivity index (χ4n) is 1.92. The van der Waals surface area contributed by atoms with E-state index in [1.165, 1.54) is 6.20 Å². The number of rotatable bonds is 4. The third kappa shape index (κ3) is 2.70. The van der Waals surface area contributed by atoms with Gasteiger partial charge in [0.15, 0.2) is 0 Å². The van der Waals surface area contributed by atoms with Gasteiger partial charge in [0.2, 0.25) is 0 Å². The molecule has 0 saturated carbocycles. The molecular formula is C12H15N5O2. The first kappa shape index (κ1) is 13.0. The molecule has 0 amide bonds. The van der Waals surface area contributed by atoms with Crippen molar-refractivity contribution in [2.75, 3.05) is 5.32 Å². The Morgan fingerprint density at radius 3 is 2.74 bits per heavy atom. The number of hydrogen-bond acceptors (Lipinski definition) is 5. The van der Waals surface area contributed by atoms with Crippen LogP contribution in [0.5, 0.6) is 0 Å². The number of aromatic nitrogens is 3. The Labute approximate surface area is 110 Å². The van der Waals surface area contributed by atoms with Gasteiger partial charge in [0.05, 0.1) is 34.6 Å². The molecule has 19 heavy (non-hydrogen) atoms. The molecule has 0 unspecified atom stereocenters. The number of hydrogen-bond donors (Lipinski definition) is 1. The summed E-state index contributed by atoms with van der Waals surface area (Å²) in [6, 6.07) is 0. The van der Waals surface area contributed by atoms with Gasteiger partial charge in [0, 0.05) is 25.0 Å². The van der Waals surface area contributed by atoms with Crippen LogP contribution < -0.4 is 5.32 Å². The highest BCUT2D eigenvalue weighted by molar-refractivity contribution is 5.48. The lowest BCUT2D eigenvalue weighted by Crippen LogP contribution is -2.06. The maximum atomic E-state index is 11.0. The van der Waals surface area contributed by atoms with Crippen LogP contribution in [0.4, 0.5) is 11.4 Å². The smallest absolute Gasteiger partial charge is 0.278 e. The number of anilines is 1. The molecule has 2 aromatic rings. The molecule has 2 heterocycles. The van der Waals surface area contributed by atoms with Crippen molar-refractivity contribution in [2.24, 2.45) is 7.05 Å². The monoisotopic (exact) mass is 261 g/mol. The van der Waals surface area contributed by atoms with E-state index in [0.29, 0.717) is 23.4 Å². The lowest BCUT2D eigenvalue weighted by atomic mass is 10.1. The van der Waals surface area contributed by atoms with Gasteiger partial charge in [-0.1, -0.05) is 0 Å². The van der Waals surface area contributed by atoms with Crippen LogP contribution in [0.15, 0.2) is 18.6 Å². The average molecular weight is 261 g/mol. The van der Waals surface area contributed by atoms with Crippen molar-refractivity contribution in [1.82, 2.24) is 14.8 Å². The molecule has 0 aromatic carbocycles. The molecule has 0 spiro atoms. The number of pyridine rings is 1. The van der Waals surface area contributed by atoms with Crippen molar-refractivity contribution >= 4 is 11.4 Å². The van der Waals surface area contributed by atoms with E-state index in [4.69, 9.17) is 0 Å². The Morgan fingerprint density at radius 2 is 2.16 bits per heavy atom. The second-order valence-corrected chi connectivity index (χ2v) is 4.37. The fourth-order valence-corrected chi connectivity index (χ4v) is 1.92. The van der Waals surface area contributed by atoms with Gasteiger partial charge in [0.25, 0.3) is 5.69 Å². The summed E-state index contributed by atoms with van der Waals surface area (Å²) in [4.78, 5) is 14.9. The molecule has 2 aromatic heterocycles. The molecule has 0 aliphatic carbocycles. The van der Waals surface area contributed by atoms with E-state index in [2.05, 4.69) is 15.4 Å². The van der Waals surface area contributed by atoms with E-state index >= 15 is 0 Å². The summed E-state index contributed by atoms with van der Waals surface area (Å²) in [6.07, 6.45) is 5.06. The lowest BCUT2D eigenvalue weighted by Gasteiger charge is -2.08. The van der Waals surface area contributed by atoms with E-state index < -0.39 is 0 Å². The van der Waals surface area contributed by atoms with E-state index in [-0.39, 0.29) is 10.6 Å². The Kier molecular flexibility index (Phi) is 3.46. The van der Waals surface area contributed by atoms with E-state index in [1.807, 2.05) is 13.2 Å². The van der Waals surface area contributed by atoms with E-state index in [1.54, 1.807) is 24.7 Å². The highest BCUT2D eigenvalue weighted by Gasteiger charge is 2.18. The third-order valence-corrected chi connectivity index (χ3v) is 2.92. The summed E-state index contributed by atoms with van der Waals surface area (Å²) >= 11 is 0. The Bertz CT molecular complexity index is 621. The second kappa shape index (κ2) is 5.05. The lowest BCUT2D eigenvalue weighted by molar-refractivity contribution is -0.386. The summed E-state index contributed by atoms with van der Waals surface area (Å²) in [5.41, 5.74) is 2.83. The largest absolute Gasteiger partial charge is 0.377 e. The van der Waals surface area contributed by atoms with Gasteiger partial charge in [-0.05, 0) is 13.8 Å². The second-order valence-electron chi connectivity index (χ2n) is 4.37. The van der Waals surface area contributed by atoms with Crippen LogP contribution in [-0.4, -0.2) is 19.7 Å². The van der Waals surface area contributed by atoms with Gasteiger partial charge in [-0.25, -0.2) is 0 Å². The first-order chi connectivity index (χ1) is 8.99. The zero-order chi connectivity index (χ0) is 14.0. The molecule has 0 radical (unpaired) electrons. The minimum atomic E-state index is -0.361. The minimum Gasteiger partial charge on any atom is -0.377 e. The van der Waals surface area contributed by atoms with Crippen molar-refractivity contribution < 1.29 is 4.92 Å². The Balaban J connectivity index is 2.21. The SMILES string of the molecule is Cc1cnc(CNc2cnn(C)c2)c(C)c1[N+](=O)[O-]. The van der Waals surface area contributed by atoms with Gasteiger partial charge in [0.1, 0.15) is 0 Å². The van der Waals surface area contributed by atoms with E-state index in [0.717, 1.165) is 5.69 Å². The Morgan fingerprint density at radius 1 is 1.42 bits per heavy atom. The number of nitrogens with zero attached hydrogens (tertiary/aromatic N) is 4. The molecule has 0 atom stereocenters. The average Bonchev–Trinajstić information content (AvgIpc) is 2.74. The molecule has 7 nitrogen and oxygen atoms in total. The zero-order valence-electron chi connectivity index (χ0n) is 11.0. The number of nitro groups is 1. The predicted molar refractivity (Wildman–Crippen MR) is 70.9 cm³/mol. The maximum Gasteiger partial charge on any atom is 0.278 e. The topological polar surface area (TPSA) is 85.9 Å². The third-order valence-electron chi connectivity index (χ3n) is 2.92. The quantitative estimate of drug-likeness (QED) is 0.671. The molecule has 2 rings (SSSR count). The number of nitrogens with one attached hydrogen (secondary N) is 1. The van der Waals surface area contributed by atoms with Crippen molar-refractivity contribution in [3.63, 3.8) is 0 Å². The van der Waals surface area contributed by atoms with Crippen LogP contribution in [0.1, 0.15) is 16.8 Å². The normalized spacial score (nSPS) is 10.5. The van der Waals surface area contributed by atoms with Crippen LogP contribution in [-0.2, 0) is 13.6 Å². The predicted octanol–water partition coefficient (Wildman–Crippen LogP) is 1.95. The summed E-state index contributed by atoms with van der Waals surface area (Å²) in [7, 11) is 1.82. The van der Waals surface area contributed by atoms with Crippen LogP contribution in [0.2, 0.25) is 0 Å². The minimum absolute atomic E-state index is 0.137. The van der Waals surface area contributed by atoms with Gasteiger partial charge in [-0.2, -0.15) is 5.10 Å². The van der Waals surface area contributed by atoms with Gasteiger partial charge in [-0.15, -0.1) is 0 Å². The molecular weight excluding hydrogens is 246 g/mol. The van der Waals surface area contributed by atoms with Crippen LogP contribution >= 0.6 is 0 Å². The van der Waals surface area contributed by atoms with Crippen molar-refractivity contribution in [3.05, 3.63) is 45.5 Å². The van der Waals surface area contributed by atoms with Crippen molar-refractivity contribution in [2.45, 2.75) is 20.4 Å². The molecule has 7 heteroatoms. The standard InChI is InChI=1S/C12H15N5O2/c1-8-4-14-11(9(2)12(8)17(18)19)6-13-10-5-15-16(3)7-10/h4-5,7,13H,6H2,1-3H3. The van der Waals surface area contributed by atoms with Crippen LogP contribution in [0.3, 0.4) is 0 Å². The summed E-state index contributed by atoms with van der Waals surface area (Å²) in [6.45, 7) is 3.84. The summed E-state index contributed by atoms with van der Waals surface area (Å²) < 4.78 is 1.68. The highest BCUT2D eigenvalue weighted by Crippen LogP contribution is 2.24. The summed E-state index contributed by atoms with van der Waals surface area (Å²) in [5.74, 6) is 0. The van der Waals surface area contributed by atoms with Crippen molar-refractivity contribution in [1.29, 1.82) is 0 Å². The Hall–Kier alpha value is -2.44.